The lowest BCUT2D eigenvalue weighted by atomic mass is 9.43. The molecule has 0 aromatic carbocycles. The number of sulfonamides is 1. The van der Waals surface area contributed by atoms with Crippen LogP contribution in [0.3, 0.4) is 0 Å². The summed E-state index contributed by atoms with van der Waals surface area (Å²) in [5.74, 6) is -2.00. The molecule has 1 amide bonds. The Labute approximate surface area is 155 Å². The van der Waals surface area contributed by atoms with Gasteiger partial charge in [-0.3, -0.25) is 4.79 Å². The predicted molar refractivity (Wildman–Crippen MR) is 88.4 cm³/mol. The molecular formula is C17H22F3NO5S. The first-order chi connectivity index (χ1) is 12.2. The molecule has 4 bridgehead atoms. The molecule has 0 radical (unpaired) electrons. The highest BCUT2D eigenvalue weighted by atomic mass is 32.2. The Morgan fingerprint density at radius 2 is 1.67 bits per heavy atom. The molecule has 3 unspecified atom stereocenters. The normalized spacial score (nSPS) is 37.7. The van der Waals surface area contributed by atoms with Crippen LogP contribution in [0.25, 0.3) is 0 Å². The second kappa shape index (κ2) is 5.96. The Hall–Kier alpha value is -1.58. The van der Waals surface area contributed by atoms with Gasteiger partial charge in [0.2, 0.25) is 5.91 Å². The fraction of sp³-hybridized carbons (Fsp3) is 0.765. The van der Waals surface area contributed by atoms with Gasteiger partial charge in [-0.1, -0.05) is 6.58 Å². The van der Waals surface area contributed by atoms with Gasteiger partial charge in [0.15, 0.2) is 0 Å². The standard InChI is InChI=1S/C17H22F3NO5S/c1-9(2)13(22)26-15(3)12-5-10-4-11(6-12)8-16(15,7-10)14(23)21-27(24,25)17(18,19)20/h10-12H,1,4-8H2,2-3H3,(H,21,23). The highest BCUT2D eigenvalue weighted by Crippen LogP contribution is 2.66. The highest BCUT2D eigenvalue weighted by molar-refractivity contribution is 7.90. The second-order valence-corrected chi connectivity index (χ2v) is 9.96. The number of halogens is 3. The summed E-state index contributed by atoms with van der Waals surface area (Å²) in [5.41, 5.74) is -8.40. The van der Waals surface area contributed by atoms with E-state index >= 15 is 0 Å². The zero-order valence-electron chi connectivity index (χ0n) is 15.1. The van der Waals surface area contributed by atoms with Crippen molar-refractivity contribution in [3.8, 4) is 0 Å². The Morgan fingerprint density at radius 3 is 2.11 bits per heavy atom. The van der Waals surface area contributed by atoms with Crippen molar-refractivity contribution >= 4 is 21.9 Å². The third-order valence-electron chi connectivity index (χ3n) is 6.53. The number of hydrogen-bond acceptors (Lipinski definition) is 5. The maximum absolute atomic E-state index is 12.9. The van der Waals surface area contributed by atoms with Crippen LogP contribution in [0.2, 0.25) is 0 Å². The number of hydrogen-bond donors (Lipinski definition) is 1. The molecular weight excluding hydrogens is 387 g/mol. The van der Waals surface area contributed by atoms with Gasteiger partial charge < -0.3 is 4.74 Å². The molecule has 0 aromatic rings. The van der Waals surface area contributed by atoms with E-state index in [9.17, 15) is 31.2 Å². The summed E-state index contributed by atoms with van der Waals surface area (Å²) in [4.78, 5) is 25.1. The molecule has 0 saturated heterocycles. The fourth-order valence-corrected chi connectivity index (χ4v) is 5.92. The second-order valence-electron chi connectivity index (χ2n) is 8.28. The summed E-state index contributed by atoms with van der Waals surface area (Å²) < 4.78 is 68.2. The lowest BCUT2D eigenvalue weighted by molar-refractivity contribution is -0.232. The molecule has 3 atom stereocenters. The molecule has 27 heavy (non-hydrogen) atoms. The van der Waals surface area contributed by atoms with Crippen LogP contribution in [0, 0.1) is 23.2 Å². The number of alkyl halides is 3. The van der Waals surface area contributed by atoms with Gasteiger partial charge in [0.25, 0.3) is 0 Å². The molecule has 0 spiro atoms. The SMILES string of the molecule is C=C(C)C(=O)OC1(C)C2CC3CC(C2)CC1(C(=O)NS(=O)(=O)C(F)(F)F)C3. The van der Waals surface area contributed by atoms with E-state index in [0.717, 1.165) is 6.42 Å². The van der Waals surface area contributed by atoms with Crippen LogP contribution in [-0.4, -0.2) is 31.4 Å². The predicted octanol–water partition coefficient (Wildman–Crippen LogP) is 2.66. The van der Waals surface area contributed by atoms with Gasteiger partial charge in [0, 0.05) is 11.5 Å². The first-order valence-electron chi connectivity index (χ1n) is 8.74. The smallest absolute Gasteiger partial charge is 0.455 e. The highest BCUT2D eigenvalue weighted by Gasteiger charge is 2.69. The van der Waals surface area contributed by atoms with Crippen molar-refractivity contribution in [2.45, 2.75) is 57.1 Å². The summed E-state index contributed by atoms with van der Waals surface area (Å²) >= 11 is 0. The quantitative estimate of drug-likeness (QED) is 0.570. The number of nitrogens with one attached hydrogen (secondary N) is 1. The molecule has 4 fully saturated rings. The molecule has 4 rings (SSSR count). The fourth-order valence-electron chi connectivity index (χ4n) is 5.36. The monoisotopic (exact) mass is 409 g/mol. The van der Waals surface area contributed by atoms with Crippen LogP contribution in [0.15, 0.2) is 12.2 Å². The van der Waals surface area contributed by atoms with Gasteiger partial charge in [-0.15, -0.1) is 0 Å². The van der Waals surface area contributed by atoms with E-state index in [-0.39, 0.29) is 36.2 Å². The molecule has 0 aromatic heterocycles. The number of rotatable bonds is 4. The Balaban J connectivity index is 2.01. The third-order valence-corrected chi connectivity index (χ3v) is 7.59. The Morgan fingerprint density at radius 1 is 1.15 bits per heavy atom. The lowest BCUT2D eigenvalue weighted by Gasteiger charge is -2.64. The molecule has 152 valence electrons. The van der Waals surface area contributed by atoms with Crippen LogP contribution in [0.4, 0.5) is 13.2 Å². The molecule has 1 N–H and O–H groups in total. The van der Waals surface area contributed by atoms with E-state index in [1.54, 1.807) is 0 Å². The van der Waals surface area contributed by atoms with Crippen molar-refractivity contribution in [3.63, 3.8) is 0 Å². The Bertz CT molecular complexity index is 792. The summed E-state index contributed by atoms with van der Waals surface area (Å²) in [6.45, 7) is 6.48. The summed E-state index contributed by atoms with van der Waals surface area (Å²) in [5, 5.41) is 0. The molecule has 6 nitrogen and oxygen atoms in total. The summed E-state index contributed by atoms with van der Waals surface area (Å²) in [6, 6.07) is 0. The number of carbonyl (C=O) groups excluding carboxylic acids is 2. The van der Waals surface area contributed by atoms with Crippen LogP contribution < -0.4 is 4.72 Å². The van der Waals surface area contributed by atoms with E-state index in [1.165, 1.54) is 18.6 Å². The number of esters is 1. The minimum atomic E-state index is -5.84. The first kappa shape index (κ1) is 20.2. The van der Waals surface area contributed by atoms with Gasteiger partial charge in [0.05, 0.1) is 5.41 Å². The van der Waals surface area contributed by atoms with Crippen molar-refractivity contribution in [1.29, 1.82) is 0 Å². The summed E-state index contributed by atoms with van der Waals surface area (Å²) in [6.07, 6.45) is 2.62. The average Bonchev–Trinajstić information content (AvgIpc) is 2.50. The number of carbonyl (C=O) groups is 2. The van der Waals surface area contributed by atoms with Crippen LogP contribution in [0.1, 0.15) is 46.0 Å². The summed E-state index contributed by atoms with van der Waals surface area (Å²) in [7, 11) is -5.84. The van der Waals surface area contributed by atoms with E-state index in [1.807, 2.05) is 0 Å². The maximum Gasteiger partial charge on any atom is 0.516 e. The van der Waals surface area contributed by atoms with Crippen LogP contribution >= 0.6 is 0 Å². The molecule has 4 aliphatic rings. The topological polar surface area (TPSA) is 89.5 Å². The zero-order chi connectivity index (χ0) is 20.4. The van der Waals surface area contributed by atoms with Crippen LogP contribution in [-0.2, 0) is 24.3 Å². The van der Waals surface area contributed by atoms with Crippen molar-refractivity contribution in [3.05, 3.63) is 12.2 Å². The molecule has 10 heteroatoms. The van der Waals surface area contributed by atoms with Gasteiger partial charge in [-0.25, -0.2) is 9.52 Å². The lowest BCUT2D eigenvalue weighted by Crippen LogP contribution is -2.70. The Kier molecular flexibility index (Phi) is 4.45. The minimum absolute atomic E-state index is 0.0958. The van der Waals surface area contributed by atoms with E-state index < -0.39 is 38.4 Å². The molecule has 4 saturated carbocycles. The van der Waals surface area contributed by atoms with Crippen molar-refractivity contribution < 1.29 is 35.9 Å². The van der Waals surface area contributed by atoms with Crippen LogP contribution in [0.5, 0.6) is 0 Å². The van der Waals surface area contributed by atoms with Crippen molar-refractivity contribution in [2.75, 3.05) is 0 Å². The van der Waals surface area contributed by atoms with E-state index in [0.29, 0.717) is 12.8 Å². The van der Waals surface area contributed by atoms with Gasteiger partial charge in [-0.2, -0.15) is 21.6 Å². The van der Waals surface area contributed by atoms with Crippen molar-refractivity contribution in [2.24, 2.45) is 23.2 Å². The minimum Gasteiger partial charge on any atom is -0.455 e. The molecule has 0 heterocycles. The number of amides is 1. The zero-order valence-corrected chi connectivity index (χ0v) is 15.9. The van der Waals surface area contributed by atoms with Gasteiger partial charge in [-0.05, 0) is 57.8 Å². The van der Waals surface area contributed by atoms with Gasteiger partial charge >= 0.3 is 21.5 Å². The largest absolute Gasteiger partial charge is 0.516 e. The molecule has 4 aliphatic carbocycles. The van der Waals surface area contributed by atoms with E-state index in [2.05, 4.69) is 6.58 Å². The first-order valence-corrected chi connectivity index (χ1v) is 10.2. The third kappa shape index (κ3) is 2.96. The average molecular weight is 409 g/mol. The maximum atomic E-state index is 12.9. The van der Waals surface area contributed by atoms with Gasteiger partial charge in [0.1, 0.15) is 5.60 Å². The number of ether oxygens (including phenoxy) is 1. The van der Waals surface area contributed by atoms with E-state index in [4.69, 9.17) is 4.74 Å². The molecule has 0 aliphatic heterocycles. The van der Waals surface area contributed by atoms with Crippen molar-refractivity contribution in [1.82, 2.24) is 4.72 Å².